The number of hydrogen-bond acceptors (Lipinski definition) is 3. The highest BCUT2D eigenvalue weighted by Crippen LogP contribution is 2.44. The number of rotatable bonds is 7. The van der Waals surface area contributed by atoms with Gasteiger partial charge in [-0.25, -0.2) is 9.78 Å². The summed E-state index contributed by atoms with van der Waals surface area (Å²) in [7, 11) is 0. The molecule has 3 rings (SSSR count). The minimum Gasteiger partial charge on any atom is -0.477 e. The molecule has 1 aliphatic rings. The molecule has 150 valence electrons. The van der Waals surface area contributed by atoms with E-state index in [9.17, 15) is 4.79 Å². The molecule has 0 radical (unpaired) electrons. The molecule has 2 aromatic heterocycles. The molecule has 4 atom stereocenters. The van der Waals surface area contributed by atoms with Gasteiger partial charge in [-0.3, -0.25) is 0 Å². The van der Waals surface area contributed by atoms with E-state index < -0.39 is 5.97 Å². The highest BCUT2D eigenvalue weighted by molar-refractivity contribution is 7.13. The van der Waals surface area contributed by atoms with Gasteiger partial charge in [-0.1, -0.05) is 42.3 Å². The van der Waals surface area contributed by atoms with Crippen molar-refractivity contribution < 1.29 is 9.90 Å². The summed E-state index contributed by atoms with van der Waals surface area (Å²) >= 11 is 20.0. The number of pyridine rings is 1. The van der Waals surface area contributed by atoms with E-state index >= 15 is 0 Å². The fourth-order valence-corrected chi connectivity index (χ4v) is 5.94. The number of carboxylic acid groups (broad SMARTS) is 1. The Kier molecular flexibility index (Phi) is 7.43. The van der Waals surface area contributed by atoms with Crippen LogP contribution in [0.25, 0.3) is 6.08 Å². The van der Waals surface area contributed by atoms with Gasteiger partial charge in [0, 0.05) is 10.3 Å². The molecule has 0 amide bonds. The van der Waals surface area contributed by atoms with Gasteiger partial charge in [0.25, 0.3) is 0 Å². The van der Waals surface area contributed by atoms with Crippen LogP contribution in [0.2, 0.25) is 10.3 Å². The maximum absolute atomic E-state index is 11.0. The Labute approximate surface area is 184 Å². The smallest absolute Gasteiger partial charge is 0.345 e. The molecular formula is C21H22Cl3NO2S. The summed E-state index contributed by atoms with van der Waals surface area (Å²) in [5.74, 6) is 0.450. The second-order valence-corrected chi connectivity index (χ2v) is 9.84. The SMILES string of the molecule is C[C@@H]1C[C@@H](Cl)[C@H](CCCc2ccc(C(=O)O)s2)[C@H]1/C=C\c1cc(Cl)nc(Cl)c1. The Bertz CT molecular complexity index is 847. The number of thiophene rings is 1. The highest BCUT2D eigenvalue weighted by Gasteiger charge is 2.38. The molecule has 0 aromatic carbocycles. The predicted molar refractivity (Wildman–Crippen MR) is 118 cm³/mol. The molecule has 3 nitrogen and oxygen atoms in total. The molecule has 2 heterocycles. The highest BCUT2D eigenvalue weighted by atomic mass is 35.5. The molecule has 0 saturated heterocycles. The molecule has 2 aromatic rings. The minimum atomic E-state index is -0.858. The van der Waals surface area contributed by atoms with Crippen LogP contribution in [0.5, 0.6) is 0 Å². The van der Waals surface area contributed by atoms with E-state index in [0.29, 0.717) is 32.9 Å². The normalized spacial score (nSPS) is 24.9. The Balaban J connectivity index is 1.62. The molecule has 0 unspecified atom stereocenters. The zero-order valence-electron chi connectivity index (χ0n) is 15.4. The summed E-state index contributed by atoms with van der Waals surface area (Å²) in [5, 5.41) is 9.98. The van der Waals surface area contributed by atoms with Gasteiger partial charge in [-0.05, 0) is 73.3 Å². The van der Waals surface area contributed by atoms with Gasteiger partial charge in [0.15, 0.2) is 0 Å². The number of carbonyl (C=O) groups is 1. The van der Waals surface area contributed by atoms with Crippen LogP contribution < -0.4 is 0 Å². The molecule has 1 aliphatic carbocycles. The maximum atomic E-state index is 11.0. The third kappa shape index (κ3) is 5.50. The van der Waals surface area contributed by atoms with Gasteiger partial charge >= 0.3 is 5.97 Å². The molecule has 1 saturated carbocycles. The van der Waals surface area contributed by atoms with Crippen molar-refractivity contribution in [2.45, 2.75) is 38.0 Å². The van der Waals surface area contributed by atoms with Crippen molar-refractivity contribution in [2.75, 3.05) is 0 Å². The first-order valence-corrected chi connectivity index (χ1v) is 11.3. The average Bonchev–Trinajstić information content (AvgIpc) is 3.18. The fourth-order valence-electron chi connectivity index (χ4n) is 4.00. The zero-order chi connectivity index (χ0) is 20.3. The lowest BCUT2D eigenvalue weighted by Crippen LogP contribution is -2.15. The molecule has 0 spiro atoms. The Hall–Kier alpha value is -1.07. The van der Waals surface area contributed by atoms with Gasteiger partial charge in [0.1, 0.15) is 15.2 Å². The van der Waals surface area contributed by atoms with Crippen LogP contribution >= 0.6 is 46.1 Å². The lowest BCUT2D eigenvalue weighted by molar-refractivity contribution is 0.0702. The third-order valence-corrected chi connectivity index (χ3v) is 7.36. The van der Waals surface area contributed by atoms with Crippen LogP contribution in [0.3, 0.4) is 0 Å². The Morgan fingerprint density at radius 3 is 2.68 bits per heavy atom. The van der Waals surface area contributed by atoms with Crippen molar-refractivity contribution in [3.63, 3.8) is 0 Å². The number of nitrogens with zero attached hydrogens (tertiary/aromatic N) is 1. The first-order chi connectivity index (χ1) is 13.3. The Morgan fingerprint density at radius 2 is 2.04 bits per heavy atom. The van der Waals surface area contributed by atoms with Crippen molar-refractivity contribution in [3.05, 3.63) is 56.0 Å². The maximum Gasteiger partial charge on any atom is 0.345 e. The lowest BCUT2D eigenvalue weighted by Gasteiger charge is -2.21. The van der Waals surface area contributed by atoms with Crippen LogP contribution in [0.15, 0.2) is 30.3 Å². The number of aromatic carboxylic acids is 1. The topological polar surface area (TPSA) is 50.2 Å². The van der Waals surface area contributed by atoms with Crippen molar-refractivity contribution in [1.29, 1.82) is 0 Å². The molecule has 0 bridgehead atoms. The van der Waals surface area contributed by atoms with Crippen molar-refractivity contribution in [1.82, 2.24) is 4.98 Å². The number of allylic oxidation sites excluding steroid dienone is 1. The van der Waals surface area contributed by atoms with E-state index in [0.717, 1.165) is 36.1 Å². The largest absolute Gasteiger partial charge is 0.477 e. The minimum absolute atomic E-state index is 0.159. The number of halogens is 3. The van der Waals surface area contributed by atoms with E-state index in [1.54, 1.807) is 18.2 Å². The number of aryl methyl sites for hydroxylation is 1. The first kappa shape index (κ1) is 21.6. The summed E-state index contributed by atoms with van der Waals surface area (Å²) in [6, 6.07) is 7.19. The first-order valence-electron chi connectivity index (χ1n) is 9.31. The van der Waals surface area contributed by atoms with E-state index in [1.807, 2.05) is 6.07 Å². The molecular weight excluding hydrogens is 437 g/mol. The quantitative estimate of drug-likeness (QED) is 0.357. The lowest BCUT2D eigenvalue weighted by atomic mass is 9.86. The molecule has 1 N–H and O–H groups in total. The number of aromatic nitrogens is 1. The Morgan fingerprint density at radius 1 is 1.32 bits per heavy atom. The monoisotopic (exact) mass is 457 g/mol. The molecule has 7 heteroatoms. The standard InChI is InChI=1S/C21H22Cl3NO2S/c1-12-9-17(22)16(4-2-3-14-6-8-18(28-14)21(26)27)15(12)7-5-13-10-19(23)25-20(24)11-13/h5-8,10-12,15-17H,2-4,9H2,1H3,(H,26,27)/b7-5-/t12-,15+,16-,17-/m1/s1. The number of hydrogen-bond donors (Lipinski definition) is 1. The van der Waals surface area contributed by atoms with E-state index in [-0.39, 0.29) is 5.38 Å². The van der Waals surface area contributed by atoms with Crippen molar-refractivity contribution in [3.8, 4) is 0 Å². The number of alkyl halides is 1. The second kappa shape index (κ2) is 9.62. The van der Waals surface area contributed by atoms with Gasteiger partial charge in [-0.2, -0.15) is 0 Å². The summed E-state index contributed by atoms with van der Waals surface area (Å²) in [5.41, 5.74) is 0.939. The van der Waals surface area contributed by atoms with Crippen LogP contribution in [0.1, 0.15) is 46.3 Å². The van der Waals surface area contributed by atoms with E-state index in [4.69, 9.17) is 39.9 Å². The number of carboxylic acids is 1. The summed E-state index contributed by atoms with van der Waals surface area (Å²) < 4.78 is 0. The fraction of sp³-hybridized carbons (Fsp3) is 0.429. The van der Waals surface area contributed by atoms with Gasteiger partial charge in [0.05, 0.1) is 0 Å². The van der Waals surface area contributed by atoms with Crippen LogP contribution in [0.4, 0.5) is 0 Å². The summed E-state index contributed by atoms with van der Waals surface area (Å²) in [4.78, 5) is 16.5. The van der Waals surface area contributed by atoms with Gasteiger partial charge < -0.3 is 5.11 Å². The van der Waals surface area contributed by atoms with Crippen LogP contribution in [-0.4, -0.2) is 21.4 Å². The van der Waals surface area contributed by atoms with Crippen molar-refractivity contribution in [2.24, 2.45) is 17.8 Å². The second-order valence-electron chi connectivity index (χ2n) is 7.34. The summed E-state index contributed by atoms with van der Waals surface area (Å²) in [6.07, 6.45) is 8.19. The van der Waals surface area contributed by atoms with Crippen LogP contribution in [-0.2, 0) is 6.42 Å². The average molecular weight is 459 g/mol. The summed E-state index contributed by atoms with van der Waals surface area (Å²) in [6.45, 7) is 2.25. The van der Waals surface area contributed by atoms with Crippen LogP contribution in [0, 0.1) is 17.8 Å². The zero-order valence-corrected chi connectivity index (χ0v) is 18.5. The molecule has 28 heavy (non-hydrogen) atoms. The van der Waals surface area contributed by atoms with Crippen molar-refractivity contribution >= 4 is 58.2 Å². The van der Waals surface area contributed by atoms with Gasteiger partial charge in [-0.15, -0.1) is 22.9 Å². The predicted octanol–water partition coefficient (Wildman–Crippen LogP) is 7.06. The molecule has 0 aliphatic heterocycles. The molecule has 1 fully saturated rings. The van der Waals surface area contributed by atoms with E-state index in [2.05, 4.69) is 24.1 Å². The third-order valence-electron chi connectivity index (χ3n) is 5.34. The van der Waals surface area contributed by atoms with Gasteiger partial charge in [0.2, 0.25) is 0 Å². The van der Waals surface area contributed by atoms with E-state index in [1.165, 1.54) is 11.3 Å².